The molecule has 0 saturated carbocycles. The van der Waals surface area contributed by atoms with Crippen molar-refractivity contribution in [1.29, 1.82) is 0 Å². The number of piperidine rings is 1. The van der Waals surface area contributed by atoms with Gasteiger partial charge in [0.15, 0.2) is 0 Å². The van der Waals surface area contributed by atoms with E-state index in [-0.39, 0.29) is 23.9 Å². The van der Waals surface area contributed by atoms with Crippen LogP contribution in [0.25, 0.3) is 0 Å². The molecule has 0 bridgehead atoms. The number of amides is 2. The molecule has 2 atom stereocenters. The first-order valence-electron chi connectivity index (χ1n) is 6.91. The fraction of sp³-hybridized carbons (Fsp3) is 0.846. The van der Waals surface area contributed by atoms with E-state index < -0.39 is 0 Å². The van der Waals surface area contributed by atoms with Crippen molar-refractivity contribution in [2.75, 3.05) is 26.7 Å². The summed E-state index contributed by atoms with van der Waals surface area (Å²) in [6.45, 7) is 4.51. The van der Waals surface area contributed by atoms with Crippen molar-refractivity contribution < 1.29 is 9.59 Å². The maximum Gasteiger partial charge on any atom is 0.240 e. The molecule has 0 aromatic rings. The summed E-state index contributed by atoms with van der Waals surface area (Å²) in [5.41, 5.74) is 0. The molecule has 5 heteroatoms. The molecule has 2 heterocycles. The van der Waals surface area contributed by atoms with Crippen molar-refractivity contribution in [3.63, 3.8) is 0 Å². The zero-order valence-corrected chi connectivity index (χ0v) is 11.3. The summed E-state index contributed by atoms with van der Waals surface area (Å²) in [5, 5.41) is 3.30. The number of hydrogen-bond donors (Lipinski definition) is 1. The first-order chi connectivity index (χ1) is 8.63. The van der Waals surface area contributed by atoms with Gasteiger partial charge in [-0.3, -0.25) is 9.59 Å². The topological polar surface area (TPSA) is 52.7 Å². The van der Waals surface area contributed by atoms with Crippen LogP contribution in [0.15, 0.2) is 0 Å². The minimum absolute atomic E-state index is 0.00659. The molecule has 2 rings (SSSR count). The maximum atomic E-state index is 12.3. The number of likely N-dealkylation sites (N-methyl/N-ethyl adjacent to an activating group) is 1. The fourth-order valence-corrected chi connectivity index (χ4v) is 2.82. The summed E-state index contributed by atoms with van der Waals surface area (Å²) < 4.78 is 0. The van der Waals surface area contributed by atoms with Crippen LogP contribution in [0.5, 0.6) is 0 Å². The molecule has 0 aliphatic carbocycles. The van der Waals surface area contributed by atoms with Crippen LogP contribution in [0.3, 0.4) is 0 Å². The summed E-state index contributed by atoms with van der Waals surface area (Å²) in [7, 11) is 1.82. The van der Waals surface area contributed by atoms with Crippen LogP contribution < -0.4 is 5.32 Å². The molecule has 18 heavy (non-hydrogen) atoms. The number of carbonyl (C=O) groups excluding carboxylic acids is 2. The smallest absolute Gasteiger partial charge is 0.240 e. The SMILES string of the molecule is CCCNC1CCN(C2CCC(=O)N(C)C2)C1=O. The molecule has 5 nitrogen and oxygen atoms in total. The Bertz CT molecular complexity index is 332. The Hall–Kier alpha value is -1.10. The lowest BCUT2D eigenvalue weighted by Crippen LogP contribution is -2.51. The van der Waals surface area contributed by atoms with Crippen molar-refractivity contribution in [3.05, 3.63) is 0 Å². The average Bonchev–Trinajstić information content (AvgIpc) is 2.72. The second kappa shape index (κ2) is 5.69. The summed E-state index contributed by atoms with van der Waals surface area (Å²) in [4.78, 5) is 27.4. The van der Waals surface area contributed by atoms with Gasteiger partial charge in [-0.25, -0.2) is 0 Å². The Labute approximate surface area is 108 Å². The summed E-state index contributed by atoms with van der Waals surface area (Å²) in [5.74, 6) is 0.412. The fourth-order valence-electron chi connectivity index (χ4n) is 2.82. The Morgan fingerprint density at radius 2 is 2.11 bits per heavy atom. The number of nitrogens with one attached hydrogen (secondary N) is 1. The van der Waals surface area contributed by atoms with E-state index in [4.69, 9.17) is 0 Å². The largest absolute Gasteiger partial charge is 0.344 e. The number of hydrogen-bond acceptors (Lipinski definition) is 3. The van der Waals surface area contributed by atoms with Gasteiger partial charge in [-0.1, -0.05) is 6.92 Å². The van der Waals surface area contributed by atoms with Crippen molar-refractivity contribution in [2.45, 2.75) is 44.7 Å². The van der Waals surface area contributed by atoms with Gasteiger partial charge in [-0.2, -0.15) is 0 Å². The molecule has 0 radical (unpaired) electrons. The molecule has 0 spiro atoms. The average molecular weight is 253 g/mol. The van der Waals surface area contributed by atoms with Crippen LogP contribution in [0.1, 0.15) is 32.6 Å². The summed E-state index contributed by atoms with van der Waals surface area (Å²) in [6.07, 6.45) is 3.32. The van der Waals surface area contributed by atoms with Gasteiger partial charge in [0.2, 0.25) is 11.8 Å². The van der Waals surface area contributed by atoms with E-state index in [0.717, 1.165) is 32.4 Å². The molecular formula is C13H23N3O2. The number of likely N-dealkylation sites (tertiary alicyclic amines) is 2. The highest BCUT2D eigenvalue weighted by Gasteiger charge is 2.37. The summed E-state index contributed by atoms with van der Waals surface area (Å²) >= 11 is 0. The molecule has 102 valence electrons. The van der Waals surface area contributed by atoms with Gasteiger partial charge in [0.05, 0.1) is 6.04 Å². The molecule has 2 unspecified atom stereocenters. The molecule has 2 aliphatic rings. The summed E-state index contributed by atoms with van der Waals surface area (Å²) in [6, 6.07) is 0.210. The Morgan fingerprint density at radius 3 is 2.78 bits per heavy atom. The van der Waals surface area contributed by atoms with Crippen molar-refractivity contribution >= 4 is 11.8 Å². The van der Waals surface area contributed by atoms with E-state index in [0.29, 0.717) is 13.0 Å². The van der Waals surface area contributed by atoms with Gasteiger partial charge in [-0.15, -0.1) is 0 Å². The highest BCUT2D eigenvalue weighted by Crippen LogP contribution is 2.21. The highest BCUT2D eigenvalue weighted by atomic mass is 16.2. The van der Waals surface area contributed by atoms with E-state index in [1.807, 2.05) is 11.9 Å². The van der Waals surface area contributed by atoms with Gasteiger partial charge in [-0.05, 0) is 25.8 Å². The Kier molecular flexibility index (Phi) is 4.22. The number of nitrogens with zero attached hydrogens (tertiary/aromatic N) is 2. The van der Waals surface area contributed by atoms with E-state index in [9.17, 15) is 9.59 Å². The highest BCUT2D eigenvalue weighted by molar-refractivity contribution is 5.85. The van der Waals surface area contributed by atoms with E-state index in [1.54, 1.807) is 4.90 Å². The standard InChI is InChI=1S/C13H23N3O2/c1-3-7-14-11-6-8-16(13(11)18)10-4-5-12(17)15(2)9-10/h10-11,14H,3-9H2,1-2H3. The predicted molar refractivity (Wildman–Crippen MR) is 69.1 cm³/mol. The minimum Gasteiger partial charge on any atom is -0.344 e. The second-order valence-electron chi connectivity index (χ2n) is 5.29. The lowest BCUT2D eigenvalue weighted by atomic mass is 10.0. The van der Waals surface area contributed by atoms with Crippen molar-refractivity contribution in [2.24, 2.45) is 0 Å². The molecule has 0 aromatic heterocycles. The third-order valence-corrected chi connectivity index (χ3v) is 3.92. The number of carbonyl (C=O) groups is 2. The van der Waals surface area contributed by atoms with Crippen LogP contribution in [-0.4, -0.2) is 60.4 Å². The van der Waals surface area contributed by atoms with Gasteiger partial charge in [0.25, 0.3) is 0 Å². The van der Waals surface area contributed by atoms with Gasteiger partial charge < -0.3 is 15.1 Å². The minimum atomic E-state index is -0.00659. The van der Waals surface area contributed by atoms with Crippen LogP contribution in [0.4, 0.5) is 0 Å². The van der Waals surface area contributed by atoms with E-state index >= 15 is 0 Å². The molecule has 2 amide bonds. The maximum absolute atomic E-state index is 12.3. The zero-order valence-electron chi connectivity index (χ0n) is 11.3. The normalized spacial score (nSPS) is 29.2. The van der Waals surface area contributed by atoms with Crippen LogP contribution in [-0.2, 0) is 9.59 Å². The lowest BCUT2D eigenvalue weighted by molar-refractivity contribution is -0.139. The van der Waals surface area contributed by atoms with Gasteiger partial charge in [0, 0.05) is 32.6 Å². The third kappa shape index (κ3) is 2.66. The van der Waals surface area contributed by atoms with Crippen LogP contribution >= 0.6 is 0 Å². The van der Waals surface area contributed by atoms with Crippen LogP contribution in [0, 0.1) is 0 Å². The first-order valence-corrected chi connectivity index (χ1v) is 6.91. The third-order valence-electron chi connectivity index (χ3n) is 3.92. The van der Waals surface area contributed by atoms with Crippen molar-refractivity contribution in [3.8, 4) is 0 Å². The number of rotatable bonds is 4. The predicted octanol–water partition coefficient (Wildman–Crippen LogP) is 0.208. The molecule has 2 aliphatic heterocycles. The quantitative estimate of drug-likeness (QED) is 0.779. The zero-order chi connectivity index (χ0) is 13.1. The van der Waals surface area contributed by atoms with E-state index in [2.05, 4.69) is 12.2 Å². The van der Waals surface area contributed by atoms with Crippen molar-refractivity contribution in [1.82, 2.24) is 15.1 Å². The second-order valence-corrected chi connectivity index (χ2v) is 5.29. The van der Waals surface area contributed by atoms with Crippen LogP contribution in [0.2, 0.25) is 0 Å². The molecule has 1 N–H and O–H groups in total. The monoisotopic (exact) mass is 253 g/mol. The Morgan fingerprint density at radius 1 is 1.33 bits per heavy atom. The molecular weight excluding hydrogens is 230 g/mol. The molecule has 2 saturated heterocycles. The van der Waals surface area contributed by atoms with E-state index in [1.165, 1.54) is 0 Å². The first kappa shape index (κ1) is 13.3. The molecule has 2 fully saturated rings. The lowest BCUT2D eigenvalue weighted by Gasteiger charge is -2.35. The van der Waals surface area contributed by atoms with Gasteiger partial charge in [0.1, 0.15) is 0 Å². The Balaban J connectivity index is 1.90. The molecule has 0 aromatic carbocycles. The van der Waals surface area contributed by atoms with Gasteiger partial charge >= 0.3 is 0 Å².